The first kappa shape index (κ1) is 44.9. The summed E-state index contributed by atoms with van der Waals surface area (Å²) in [6.07, 6.45) is 4.28. The second kappa shape index (κ2) is 19.9. The number of nitro benzene ring substituents is 1. The Bertz CT molecular complexity index is 2380. The second-order valence-corrected chi connectivity index (χ2v) is 17.2. The minimum Gasteiger partial charge on any atom is -0.480 e. The van der Waals surface area contributed by atoms with Crippen LogP contribution in [0.5, 0.6) is 0 Å². The second-order valence-electron chi connectivity index (χ2n) is 16.4. The number of carboxylic acids is 2. The Hall–Kier alpha value is -6.17. The first-order valence-electron chi connectivity index (χ1n) is 21.2. The Labute approximate surface area is 375 Å². The van der Waals surface area contributed by atoms with E-state index in [4.69, 9.17) is 28.5 Å². The van der Waals surface area contributed by atoms with Crippen LogP contribution in [0.1, 0.15) is 80.1 Å². The van der Waals surface area contributed by atoms with Crippen LogP contribution >= 0.6 is 23.2 Å². The minimum atomic E-state index is -1.01. The zero-order chi connectivity index (χ0) is 44.8. The van der Waals surface area contributed by atoms with Crippen molar-refractivity contribution in [1.82, 2.24) is 9.80 Å². The van der Waals surface area contributed by atoms with Gasteiger partial charge in [-0.2, -0.15) is 5.26 Å². The van der Waals surface area contributed by atoms with E-state index < -0.39 is 28.9 Å². The summed E-state index contributed by atoms with van der Waals surface area (Å²) in [6, 6.07) is 28.4. The van der Waals surface area contributed by atoms with Crippen LogP contribution in [0, 0.1) is 33.3 Å². The lowest BCUT2D eigenvalue weighted by Gasteiger charge is -2.37. The standard InChI is InChI=1S/C24H24ClN3O3.C23H24ClN3O5/c25-20-4-2-1-3-19(20)21-9-10-22(24(30)31)28(21)23(29)17-11-13-27(14-12-17)18-7-5-16(15-26)6-8-18;24-17-6-2-1-5-16(17)18-9-10-21(23(29)30)26(18)22(28)15-11-13-25(14-12-15)19-7-3-4-8-20(19)27(31)32/h1-8,17,21-22H,9-14H2,(H,30,31);1-8,15,18,21H,9-14H2,(H,29,30)/t21-,22+;18-,21+/m11/s1. The number of halogens is 2. The van der Waals surface area contributed by atoms with Gasteiger partial charge in [0.2, 0.25) is 11.8 Å². The van der Waals surface area contributed by atoms with Gasteiger partial charge in [-0.05, 0) is 105 Å². The fourth-order valence-electron chi connectivity index (χ4n) is 9.63. The minimum absolute atomic E-state index is 0.0431. The van der Waals surface area contributed by atoms with E-state index in [9.17, 15) is 39.5 Å². The van der Waals surface area contributed by atoms with Gasteiger partial charge in [0, 0.05) is 59.8 Å². The highest BCUT2D eigenvalue weighted by Crippen LogP contribution is 2.43. The number of carbonyl (C=O) groups is 4. The van der Waals surface area contributed by atoms with Gasteiger partial charge >= 0.3 is 11.9 Å². The number of aliphatic carboxylic acids is 2. The smallest absolute Gasteiger partial charge is 0.326 e. The van der Waals surface area contributed by atoms with E-state index in [1.807, 2.05) is 47.4 Å². The van der Waals surface area contributed by atoms with Crippen LogP contribution in [-0.2, 0) is 19.2 Å². The molecule has 2 N–H and O–H groups in total. The van der Waals surface area contributed by atoms with E-state index >= 15 is 0 Å². The molecule has 4 aromatic rings. The van der Waals surface area contributed by atoms with Crippen molar-refractivity contribution in [1.29, 1.82) is 5.26 Å². The van der Waals surface area contributed by atoms with E-state index in [0.717, 1.165) is 16.8 Å². The number of amides is 2. The molecule has 0 bridgehead atoms. The fourth-order valence-corrected chi connectivity index (χ4v) is 10.2. The van der Waals surface area contributed by atoms with Crippen molar-refractivity contribution in [2.45, 2.75) is 75.5 Å². The molecular weight excluding hydrogens is 847 g/mol. The number of nitriles is 1. The summed E-state index contributed by atoms with van der Waals surface area (Å²) in [5.41, 5.74) is 3.82. The summed E-state index contributed by atoms with van der Waals surface area (Å²) < 4.78 is 0. The van der Waals surface area contributed by atoms with Crippen LogP contribution in [0.4, 0.5) is 17.1 Å². The molecule has 4 aromatic carbocycles. The Morgan fingerprint density at radius 3 is 1.46 bits per heavy atom. The number of benzene rings is 4. The third-order valence-electron chi connectivity index (χ3n) is 12.8. The van der Waals surface area contributed by atoms with Crippen LogP contribution in [0.2, 0.25) is 10.0 Å². The van der Waals surface area contributed by atoms with Crippen molar-refractivity contribution in [2.24, 2.45) is 11.8 Å². The summed E-state index contributed by atoms with van der Waals surface area (Å²) in [4.78, 5) is 69.0. The molecular formula is C47H48Cl2N6O8. The molecule has 63 heavy (non-hydrogen) atoms. The zero-order valence-electron chi connectivity index (χ0n) is 34.5. The van der Waals surface area contributed by atoms with Crippen LogP contribution in [0.15, 0.2) is 97.1 Å². The molecule has 0 saturated carbocycles. The monoisotopic (exact) mass is 894 g/mol. The maximum Gasteiger partial charge on any atom is 0.326 e. The van der Waals surface area contributed by atoms with Gasteiger partial charge < -0.3 is 29.8 Å². The quantitative estimate of drug-likeness (QED) is 0.121. The number of carboxylic acid groups (broad SMARTS) is 2. The normalized spacial score (nSPS) is 21.6. The topological polar surface area (TPSA) is 189 Å². The summed E-state index contributed by atoms with van der Waals surface area (Å²) in [6.45, 7) is 2.41. The van der Waals surface area contributed by atoms with Crippen LogP contribution in [0.3, 0.4) is 0 Å². The van der Waals surface area contributed by atoms with Gasteiger partial charge in [0.1, 0.15) is 17.8 Å². The molecule has 328 valence electrons. The third kappa shape index (κ3) is 9.75. The molecule has 0 radical (unpaired) electrons. The van der Waals surface area contributed by atoms with E-state index in [2.05, 4.69) is 11.0 Å². The Balaban J connectivity index is 0.000000189. The molecule has 0 aromatic heterocycles. The van der Waals surface area contributed by atoms with Crippen molar-refractivity contribution in [3.05, 3.63) is 134 Å². The molecule has 4 atom stereocenters. The van der Waals surface area contributed by atoms with E-state index in [1.54, 1.807) is 53.4 Å². The van der Waals surface area contributed by atoms with E-state index in [-0.39, 0.29) is 41.4 Å². The van der Waals surface area contributed by atoms with Crippen LogP contribution in [0.25, 0.3) is 0 Å². The van der Waals surface area contributed by atoms with Crippen molar-refractivity contribution < 1.29 is 34.3 Å². The summed E-state index contributed by atoms with van der Waals surface area (Å²) >= 11 is 12.8. The summed E-state index contributed by atoms with van der Waals surface area (Å²) in [5.74, 6) is -2.78. The highest BCUT2D eigenvalue weighted by Gasteiger charge is 2.46. The van der Waals surface area contributed by atoms with Gasteiger partial charge in [-0.3, -0.25) is 19.7 Å². The molecule has 0 unspecified atom stereocenters. The predicted molar refractivity (Wildman–Crippen MR) is 238 cm³/mol. The van der Waals surface area contributed by atoms with E-state index in [0.29, 0.717) is 98.8 Å². The largest absolute Gasteiger partial charge is 0.480 e. The fraction of sp³-hybridized carbons (Fsp3) is 0.383. The lowest BCUT2D eigenvalue weighted by molar-refractivity contribution is -0.384. The Kier molecular flexibility index (Phi) is 14.2. The lowest BCUT2D eigenvalue weighted by Crippen LogP contribution is -2.47. The lowest BCUT2D eigenvalue weighted by atomic mass is 9.93. The average Bonchev–Trinajstić information content (AvgIpc) is 3.96. The number of hydrogen-bond donors (Lipinski definition) is 2. The van der Waals surface area contributed by atoms with Gasteiger partial charge in [-0.15, -0.1) is 0 Å². The molecule has 2 amide bonds. The van der Waals surface area contributed by atoms with E-state index in [1.165, 1.54) is 11.0 Å². The highest BCUT2D eigenvalue weighted by atomic mass is 35.5. The van der Waals surface area contributed by atoms with Gasteiger partial charge in [0.15, 0.2) is 0 Å². The molecule has 4 aliphatic rings. The maximum absolute atomic E-state index is 13.5. The summed E-state index contributed by atoms with van der Waals surface area (Å²) in [7, 11) is 0. The number of carbonyl (C=O) groups excluding carboxylic acids is 2. The molecule has 16 heteroatoms. The number of rotatable bonds is 9. The third-order valence-corrected chi connectivity index (χ3v) is 13.5. The van der Waals surface area contributed by atoms with Crippen molar-refractivity contribution >= 4 is 64.0 Å². The van der Waals surface area contributed by atoms with Gasteiger partial charge in [-0.1, -0.05) is 71.7 Å². The molecule has 0 aliphatic carbocycles. The van der Waals surface area contributed by atoms with Gasteiger partial charge in [0.25, 0.3) is 5.69 Å². The van der Waals surface area contributed by atoms with Crippen LogP contribution in [-0.4, -0.2) is 87.0 Å². The number of piperidine rings is 2. The molecule has 14 nitrogen and oxygen atoms in total. The van der Waals surface area contributed by atoms with Crippen LogP contribution < -0.4 is 9.80 Å². The highest BCUT2D eigenvalue weighted by molar-refractivity contribution is 6.31. The Morgan fingerprint density at radius 2 is 1.03 bits per heavy atom. The molecule has 4 saturated heterocycles. The van der Waals surface area contributed by atoms with Crippen molar-refractivity contribution in [3.63, 3.8) is 0 Å². The molecule has 8 rings (SSSR count). The molecule has 4 fully saturated rings. The first-order chi connectivity index (χ1) is 30.4. The number of likely N-dealkylation sites (tertiary alicyclic amines) is 2. The number of nitro groups is 1. The SMILES string of the molecule is N#Cc1ccc(N2CCC(C(=O)N3[C@@H](c4ccccc4Cl)CC[C@H]3C(=O)O)CC2)cc1.O=C(O)[C@@H]1CC[C@H](c2ccccc2Cl)N1C(=O)C1CCN(c2ccccc2[N+](=O)[O-])CC1. The zero-order valence-corrected chi connectivity index (χ0v) is 36.0. The number of hydrogen-bond acceptors (Lipinski definition) is 9. The van der Waals surface area contributed by atoms with Crippen molar-refractivity contribution in [2.75, 3.05) is 36.0 Å². The molecule has 4 heterocycles. The maximum atomic E-state index is 13.5. The Morgan fingerprint density at radius 1 is 0.603 bits per heavy atom. The van der Waals surface area contributed by atoms with Gasteiger partial charge in [-0.25, -0.2) is 9.59 Å². The van der Waals surface area contributed by atoms with Gasteiger partial charge in [0.05, 0.1) is 28.6 Å². The number of nitrogens with zero attached hydrogens (tertiary/aromatic N) is 6. The summed E-state index contributed by atoms with van der Waals surface area (Å²) in [5, 5.41) is 40.9. The molecule has 4 aliphatic heterocycles. The number of anilines is 2. The first-order valence-corrected chi connectivity index (χ1v) is 22.0. The molecule has 0 spiro atoms. The predicted octanol–water partition coefficient (Wildman–Crippen LogP) is 8.53. The van der Waals surface area contributed by atoms with Crippen molar-refractivity contribution in [3.8, 4) is 6.07 Å². The number of para-hydroxylation sites is 2. The average molecular weight is 896 g/mol.